The molecule has 0 aliphatic heterocycles. The van der Waals surface area contributed by atoms with Crippen molar-refractivity contribution in [3.63, 3.8) is 0 Å². The van der Waals surface area contributed by atoms with Crippen molar-refractivity contribution in [1.82, 2.24) is 5.32 Å². The Balaban J connectivity index is 1.17. The van der Waals surface area contributed by atoms with Gasteiger partial charge in [0.15, 0.2) is 5.96 Å². The third-order valence-corrected chi connectivity index (χ3v) is 13.2. The summed E-state index contributed by atoms with van der Waals surface area (Å²) in [5.74, 6) is 4.86. The van der Waals surface area contributed by atoms with Gasteiger partial charge in [0.25, 0.3) is 0 Å². The number of carbonyl (C=O) groups excluding carboxylic acids is 2. The van der Waals surface area contributed by atoms with Gasteiger partial charge < -0.3 is 27.3 Å². The summed E-state index contributed by atoms with van der Waals surface area (Å²) in [7, 11) is 0. The fraction of sp³-hybridized carbons (Fsp3) is 0.872. The van der Waals surface area contributed by atoms with Crippen LogP contribution in [-0.2, 0) is 14.3 Å². The minimum Gasteiger partial charge on any atom is -0.462 e. The molecule has 1 amide bonds. The van der Waals surface area contributed by atoms with E-state index in [1.165, 1.54) is 51.4 Å². The Morgan fingerprint density at radius 3 is 2.49 bits per heavy atom. The minimum absolute atomic E-state index is 0.0162. The summed E-state index contributed by atoms with van der Waals surface area (Å²) in [6.07, 6.45) is 20.8. The predicted molar refractivity (Wildman–Crippen MR) is 192 cm³/mol. The Morgan fingerprint density at radius 1 is 0.957 bits per heavy atom. The summed E-state index contributed by atoms with van der Waals surface area (Å²) < 4.78 is 6.04. The number of esters is 1. The normalized spacial score (nSPS) is 32.7. The first kappa shape index (κ1) is 37.7. The third-order valence-electron chi connectivity index (χ3n) is 13.2. The Bertz CT molecular complexity index is 1100. The van der Waals surface area contributed by atoms with Crippen LogP contribution in [0.3, 0.4) is 0 Å². The fourth-order valence-electron chi connectivity index (χ4n) is 10.6. The topological polar surface area (TPSA) is 146 Å². The standard InChI is InChI=1S/C39H69N5O3/c1-26(2)11-9-12-27(3)31-17-18-32-30-16-15-28-25-29(19-21-38(28,4)33(30)20-22-39(31,32)5)47-35(45)14-7-6-8-23-43-36(46)34(40)13-10-24-44-37(41)42/h15,26-27,29-34H,6-14,16-25,40H2,1-5H3,(H,43,46)(H4,41,42,44). The molecule has 0 aromatic carbocycles. The van der Waals surface area contributed by atoms with E-state index in [0.717, 1.165) is 74.0 Å². The van der Waals surface area contributed by atoms with Gasteiger partial charge >= 0.3 is 5.97 Å². The third kappa shape index (κ3) is 9.54. The number of aliphatic imine (C=N–C) groups is 1. The maximum Gasteiger partial charge on any atom is 0.306 e. The van der Waals surface area contributed by atoms with Gasteiger partial charge in [0, 0.05) is 25.9 Å². The van der Waals surface area contributed by atoms with E-state index < -0.39 is 6.04 Å². The van der Waals surface area contributed by atoms with Crippen LogP contribution in [-0.4, -0.2) is 43.1 Å². The average molecular weight is 656 g/mol. The van der Waals surface area contributed by atoms with E-state index in [1.807, 2.05) is 0 Å². The maximum absolute atomic E-state index is 12.8. The number of nitrogens with one attached hydrogen (secondary N) is 1. The average Bonchev–Trinajstić information content (AvgIpc) is 3.38. The first-order chi connectivity index (χ1) is 22.3. The van der Waals surface area contributed by atoms with E-state index in [2.05, 4.69) is 51.0 Å². The highest BCUT2D eigenvalue weighted by Gasteiger charge is 2.59. The van der Waals surface area contributed by atoms with E-state index >= 15 is 0 Å². The molecular formula is C39H69N5O3. The second kappa shape index (κ2) is 17.0. The van der Waals surface area contributed by atoms with Crippen LogP contribution < -0.4 is 22.5 Å². The van der Waals surface area contributed by atoms with Crippen LogP contribution >= 0.6 is 0 Å². The lowest BCUT2D eigenvalue weighted by Crippen LogP contribution is -2.51. The molecule has 8 nitrogen and oxygen atoms in total. The minimum atomic E-state index is -0.562. The highest BCUT2D eigenvalue weighted by atomic mass is 16.5. The molecule has 0 spiro atoms. The smallest absolute Gasteiger partial charge is 0.306 e. The Kier molecular flexibility index (Phi) is 13.7. The second-order valence-corrected chi connectivity index (χ2v) is 16.8. The van der Waals surface area contributed by atoms with Crippen LogP contribution in [0.2, 0.25) is 0 Å². The molecule has 0 aromatic rings. The molecule has 268 valence electrons. The van der Waals surface area contributed by atoms with Gasteiger partial charge in [-0.1, -0.05) is 72.0 Å². The molecule has 3 saturated carbocycles. The van der Waals surface area contributed by atoms with Crippen molar-refractivity contribution in [3.05, 3.63) is 11.6 Å². The lowest BCUT2D eigenvalue weighted by Gasteiger charge is -2.58. The van der Waals surface area contributed by atoms with Crippen molar-refractivity contribution in [2.75, 3.05) is 13.1 Å². The molecule has 9 atom stereocenters. The van der Waals surface area contributed by atoms with Gasteiger partial charge in [-0.25, -0.2) is 0 Å². The number of guanidine groups is 1. The summed E-state index contributed by atoms with van der Waals surface area (Å²) in [5.41, 5.74) is 18.9. The molecule has 0 heterocycles. The lowest BCUT2D eigenvalue weighted by molar-refractivity contribution is -0.151. The molecule has 47 heavy (non-hydrogen) atoms. The highest BCUT2D eigenvalue weighted by Crippen LogP contribution is 2.67. The molecule has 0 saturated heterocycles. The van der Waals surface area contributed by atoms with Gasteiger partial charge in [-0.15, -0.1) is 0 Å². The van der Waals surface area contributed by atoms with Gasteiger partial charge in [-0.2, -0.15) is 0 Å². The Hall–Kier alpha value is -2.09. The van der Waals surface area contributed by atoms with Crippen LogP contribution in [0.5, 0.6) is 0 Å². The van der Waals surface area contributed by atoms with E-state index in [1.54, 1.807) is 5.57 Å². The van der Waals surface area contributed by atoms with Crippen LogP contribution in [0.15, 0.2) is 16.6 Å². The van der Waals surface area contributed by atoms with E-state index in [-0.39, 0.29) is 29.4 Å². The quantitative estimate of drug-likeness (QED) is 0.0437. The van der Waals surface area contributed by atoms with Gasteiger partial charge in [-0.3, -0.25) is 14.6 Å². The molecule has 3 fully saturated rings. The lowest BCUT2D eigenvalue weighted by atomic mass is 9.47. The summed E-state index contributed by atoms with van der Waals surface area (Å²) in [4.78, 5) is 28.9. The second-order valence-electron chi connectivity index (χ2n) is 16.8. The number of nitrogens with zero attached hydrogens (tertiary/aromatic N) is 1. The number of hydrogen-bond acceptors (Lipinski definition) is 5. The summed E-state index contributed by atoms with van der Waals surface area (Å²) in [6, 6.07) is -0.562. The number of allylic oxidation sites excluding steroid dienone is 1. The van der Waals surface area contributed by atoms with Gasteiger partial charge in [0.1, 0.15) is 6.10 Å². The van der Waals surface area contributed by atoms with Crippen molar-refractivity contribution in [3.8, 4) is 0 Å². The zero-order chi connectivity index (χ0) is 34.2. The summed E-state index contributed by atoms with van der Waals surface area (Å²) in [6.45, 7) is 13.5. The number of ether oxygens (including phenoxy) is 1. The van der Waals surface area contributed by atoms with Crippen LogP contribution in [0.1, 0.15) is 144 Å². The fourth-order valence-corrected chi connectivity index (χ4v) is 10.6. The van der Waals surface area contributed by atoms with E-state index in [0.29, 0.717) is 37.8 Å². The number of nitrogens with two attached hydrogens (primary N) is 3. The molecular weight excluding hydrogens is 586 g/mol. The molecule has 4 rings (SSSR count). The maximum atomic E-state index is 12.8. The van der Waals surface area contributed by atoms with Gasteiger partial charge in [0.2, 0.25) is 5.91 Å². The van der Waals surface area contributed by atoms with Crippen molar-refractivity contribution in [2.24, 2.45) is 68.5 Å². The number of unbranched alkanes of at least 4 members (excludes halogenated alkanes) is 2. The number of rotatable bonds is 17. The molecule has 7 N–H and O–H groups in total. The SMILES string of the molecule is CC(C)CCCC(C)C1CCC2C3CC=C4CC(OC(=O)CCCCCNC(=O)C(N)CCCN=C(N)N)CCC4(C)C3CCC12C. The van der Waals surface area contributed by atoms with Crippen LogP contribution in [0.25, 0.3) is 0 Å². The van der Waals surface area contributed by atoms with Crippen molar-refractivity contribution >= 4 is 17.8 Å². The largest absolute Gasteiger partial charge is 0.462 e. The highest BCUT2D eigenvalue weighted by molar-refractivity contribution is 5.81. The van der Waals surface area contributed by atoms with Crippen LogP contribution in [0.4, 0.5) is 0 Å². The molecule has 9 unspecified atom stereocenters. The van der Waals surface area contributed by atoms with E-state index in [4.69, 9.17) is 21.9 Å². The zero-order valence-corrected chi connectivity index (χ0v) is 30.5. The Labute approximate surface area is 286 Å². The first-order valence-corrected chi connectivity index (χ1v) is 19.3. The predicted octanol–water partition coefficient (Wildman–Crippen LogP) is 7.00. The summed E-state index contributed by atoms with van der Waals surface area (Å²) in [5, 5.41) is 2.90. The number of fused-ring (bicyclic) bond motifs is 5. The van der Waals surface area contributed by atoms with Crippen LogP contribution in [0, 0.1) is 46.3 Å². The molecule has 0 aromatic heterocycles. The molecule has 0 bridgehead atoms. The molecule has 4 aliphatic rings. The molecule has 4 aliphatic carbocycles. The Morgan fingerprint density at radius 2 is 1.74 bits per heavy atom. The van der Waals surface area contributed by atoms with Crippen molar-refractivity contribution in [2.45, 2.75) is 156 Å². The molecule has 0 radical (unpaired) electrons. The van der Waals surface area contributed by atoms with Crippen molar-refractivity contribution < 1.29 is 14.3 Å². The number of carbonyl (C=O) groups is 2. The van der Waals surface area contributed by atoms with Gasteiger partial charge in [-0.05, 0) is 117 Å². The first-order valence-electron chi connectivity index (χ1n) is 19.3. The van der Waals surface area contributed by atoms with E-state index in [9.17, 15) is 9.59 Å². The number of amides is 1. The zero-order valence-electron chi connectivity index (χ0n) is 30.5. The van der Waals surface area contributed by atoms with Gasteiger partial charge in [0.05, 0.1) is 6.04 Å². The number of hydrogen-bond donors (Lipinski definition) is 4. The van der Waals surface area contributed by atoms with Crippen molar-refractivity contribution in [1.29, 1.82) is 0 Å². The summed E-state index contributed by atoms with van der Waals surface area (Å²) >= 11 is 0. The molecule has 8 heteroatoms. The monoisotopic (exact) mass is 656 g/mol.